The average Bonchev–Trinajstić information content (AvgIpc) is 3.16. The molecule has 28 heavy (non-hydrogen) atoms. The van der Waals surface area contributed by atoms with Crippen LogP contribution in [0.4, 0.5) is 11.4 Å². The maximum absolute atomic E-state index is 11.9. The predicted molar refractivity (Wildman–Crippen MR) is 102 cm³/mol. The molecule has 0 spiro atoms. The Balaban J connectivity index is 1.33. The highest BCUT2D eigenvalue weighted by atomic mass is 16.6. The number of ether oxygens (including phenoxy) is 2. The van der Waals surface area contributed by atoms with E-state index in [4.69, 9.17) is 4.74 Å². The Labute approximate surface area is 160 Å². The number of hydrogen-bond acceptors (Lipinski definition) is 7. The molecule has 3 aliphatic heterocycles. The van der Waals surface area contributed by atoms with Crippen molar-refractivity contribution in [1.29, 1.82) is 0 Å². The Morgan fingerprint density at radius 1 is 0.643 bits per heavy atom. The molecule has 0 bridgehead atoms. The monoisotopic (exact) mass is 376 g/mol. The molecule has 0 N–H and O–H groups in total. The Kier molecular flexibility index (Phi) is 3.52. The van der Waals surface area contributed by atoms with E-state index in [9.17, 15) is 14.4 Å². The summed E-state index contributed by atoms with van der Waals surface area (Å²) in [4.78, 5) is 39.6. The molecule has 0 saturated carbocycles. The van der Waals surface area contributed by atoms with E-state index in [0.717, 1.165) is 43.1 Å². The molecule has 0 aliphatic carbocycles. The van der Waals surface area contributed by atoms with E-state index in [1.807, 2.05) is 24.3 Å². The van der Waals surface area contributed by atoms with Gasteiger partial charge in [0.05, 0.1) is 16.7 Å². The Bertz CT molecular complexity index is 981. The highest BCUT2D eigenvalue weighted by molar-refractivity contribution is 6.15. The molecule has 7 heteroatoms. The molecular formula is C21H16N2O5. The molecule has 1 saturated heterocycles. The van der Waals surface area contributed by atoms with E-state index in [1.54, 1.807) is 12.1 Å². The third-order valence-electron chi connectivity index (χ3n) is 5.38. The second kappa shape index (κ2) is 5.95. The standard InChI is InChI=1S/C21H16N2O5/c1-12-15-4-2-13(10-17(15)20(25)27-12)22-6-8-23(9-7-22)14-3-5-16-18(11-14)21(26)28-19(16)24/h2-5,10-11H,1,6-9H2. The summed E-state index contributed by atoms with van der Waals surface area (Å²) in [5.41, 5.74) is 3.78. The van der Waals surface area contributed by atoms with Crippen molar-refractivity contribution in [3.8, 4) is 0 Å². The zero-order valence-electron chi connectivity index (χ0n) is 14.9. The Hall–Kier alpha value is -3.61. The quantitative estimate of drug-likeness (QED) is 0.589. The van der Waals surface area contributed by atoms with Crippen LogP contribution in [0.1, 0.15) is 36.6 Å². The van der Waals surface area contributed by atoms with Gasteiger partial charge in [0.1, 0.15) is 5.76 Å². The predicted octanol–water partition coefficient (Wildman–Crippen LogP) is 2.46. The van der Waals surface area contributed by atoms with Crippen molar-refractivity contribution in [3.05, 3.63) is 65.2 Å². The summed E-state index contributed by atoms with van der Waals surface area (Å²) < 4.78 is 9.73. The van der Waals surface area contributed by atoms with Gasteiger partial charge in [-0.2, -0.15) is 0 Å². The van der Waals surface area contributed by atoms with Crippen molar-refractivity contribution in [2.24, 2.45) is 0 Å². The van der Waals surface area contributed by atoms with E-state index >= 15 is 0 Å². The van der Waals surface area contributed by atoms with Gasteiger partial charge in [0, 0.05) is 43.1 Å². The zero-order valence-corrected chi connectivity index (χ0v) is 14.9. The van der Waals surface area contributed by atoms with Crippen molar-refractivity contribution in [2.75, 3.05) is 36.0 Å². The number of anilines is 2. The van der Waals surface area contributed by atoms with E-state index in [2.05, 4.69) is 21.1 Å². The first-order chi connectivity index (χ1) is 13.5. The molecular weight excluding hydrogens is 360 g/mol. The normalized spacial score (nSPS) is 18.1. The van der Waals surface area contributed by atoms with Crippen molar-refractivity contribution < 1.29 is 23.9 Å². The number of cyclic esters (lactones) is 3. The minimum Gasteiger partial charge on any atom is -0.423 e. The van der Waals surface area contributed by atoms with E-state index < -0.39 is 11.9 Å². The van der Waals surface area contributed by atoms with Gasteiger partial charge in [-0.05, 0) is 36.4 Å². The fourth-order valence-electron chi connectivity index (χ4n) is 3.86. The summed E-state index contributed by atoms with van der Waals surface area (Å²) in [5, 5.41) is 0. The molecule has 0 unspecified atom stereocenters. The van der Waals surface area contributed by atoms with Gasteiger partial charge in [-0.3, -0.25) is 0 Å². The van der Waals surface area contributed by atoms with E-state index in [0.29, 0.717) is 22.4 Å². The molecule has 3 heterocycles. The number of fused-ring (bicyclic) bond motifs is 2. The summed E-state index contributed by atoms with van der Waals surface area (Å²) >= 11 is 0. The molecule has 0 radical (unpaired) electrons. The number of nitrogens with zero attached hydrogens (tertiary/aromatic N) is 2. The highest BCUT2D eigenvalue weighted by Crippen LogP contribution is 2.32. The summed E-state index contributed by atoms with van der Waals surface area (Å²) in [5.74, 6) is -1.15. The minimum absolute atomic E-state index is 0.319. The number of benzene rings is 2. The van der Waals surface area contributed by atoms with Gasteiger partial charge in [-0.1, -0.05) is 6.58 Å². The number of carbonyl (C=O) groups is 3. The maximum atomic E-state index is 11.9. The fraction of sp³-hybridized carbons (Fsp3) is 0.190. The van der Waals surface area contributed by atoms with Gasteiger partial charge in [0.25, 0.3) is 0 Å². The SMILES string of the molecule is C=C1OC(=O)c2cc(N3CCN(c4ccc5c(c4)C(=O)OC5=O)CC3)ccc21. The van der Waals surface area contributed by atoms with Crippen molar-refractivity contribution >= 4 is 35.0 Å². The largest absolute Gasteiger partial charge is 0.423 e. The first kappa shape index (κ1) is 16.6. The lowest BCUT2D eigenvalue weighted by Gasteiger charge is -2.37. The maximum Gasteiger partial charge on any atom is 0.346 e. The van der Waals surface area contributed by atoms with Crippen LogP contribution in [0, 0.1) is 0 Å². The van der Waals surface area contributed by atoms with Crippen LogP contribution >= 0.6 is 0 Å². The summed E-state index contributed by atoms with van der Waals surface area (Å²) in [6.45, 7) is 6.76. The van der Waals surface area contributed by atoms with Gasteiger partial charge >= 0.3 is 17.9 Å². The molecule has 2 aromatic rings. The topological polar surface area (TPSA) is 76.2 Å². The van der Waals surface area contributed by atoms with E-state index in [-0.39, 0.29) is 5.97 Å². The van der Waals surface area contributed by atoms with Gasteiger partial charge in [-0.25, -0.2) is 14.4 Å². The van der Waals surface area contributed by atoms with Crippen LogP contribution in [0.2, 0.25) is 0 Å². The van der Waals surface area contributed by atoms with E-state index in [1.165, 1.54) is 0 Å². The number of carbonyl (C=O) groups excluding carboxylic acids is 3. The van der Waals surface area contributed by atoms with Crippen LogP contribution in [0.5, 0.6) is 0 Å². The third-order valence-corrected chi connectivity index (χ3v) is 5.38. The summed E-state index contributed by atoms with van der Waals surface area (Å²) in [6, 6.07) is 10.9. The first-order valence-electron chi connectivity index (χ1n) is 8.97. The van der Waals surface area contributed by atoms with Gasteiger partial charge in [0.2, 0.25) is 0 Å². The van der Waals surface area contributed by atoms with Crippen LogP contribution in [0.3, 0.4) is 0 Å². The lowest BCUT2D eigenvalue weighted by Crippen LogP contribution is -2.46. The Morgan fingerprint density at radius 3 is 1.71 bits per heavy atom. The van der Waals surface area contributed by atoms with Crippen LogP contribution in [0.25, 0.3) is 5.76 Å². The summed E-state index contributed by atoms with van der Waals surface area (Å²) in [7, 11) is 0. The van der Waals surface area contributed by atoms with Gasteiger partial charge < -0.3 is 19.3 Å². The van der Waals surface area contributed by atoms with Crippen LogP contribution < -0.4 is 9.80 Å². The molecule has 0 atom stereocenters. The zero-order chi connectivity index (χ0) is 19.4. The molecule has 0 aromatic heterocycles. The van der Waals surface area contributed by atoms with Crippen molar-refractivity contribution in [3.63, 3.8) is 0 Å². The second-order valence-corrected chi connectivity index (χ2v) is 6.92. The molecule has 0 amide bonds. The van der Waals surface area contributed by atoms with Gasteiger partial charge in [0.15, 0.2) is 0 Å². The lowest BCUT2D eigenvalue weighted by atomic mass is 10.1. The molecule has 5 rings (SSSR count). The smallest absolute Gasteiger partial charge is 0.346 e. The fourth-order valence-corrected chi connectivity index (χ4v) is 3.86. The second-order valence-electron chi connectivity index (χ2n) is 6.92. The number of piperazine rings is 1. The molecule has 2 aromatic carbocycles. The van der Waals surface area contributed by atoms with Crippen LogP contribution in [-0.2, 0) is 9.47 Å². The van der Waals surface area contributed by atoms with Crippen molar-refractivity contribution in [2.45, 2.75) is 0 Å². The number of rotatable bonds is 2. The van der Waals surface area contributed by atoms with Crippen molar-refractivity contribution in [1.82, 2.24) is 0 Å². The molecule has 3 aliphatic rings. The average molecular weight is 376 g/mol. The Morgan fingerprint density at radius 2 is 1.11 bits per heavy atom. The number of hydrogen-bond donors (Lipinski definition) is 0. The molecule has 140 valence electrons. The van der Waals surface area contributed by atoms with Crippen LogP contribution in [0.15, 0.2) is 43.0 Å². The minimum atomic E-state index is -0.591. The van der Waals surface area contributed by atoms with Crippen LogP contribution in [-0.4, -0.2) is 44.1 Å². The highest BCUT2D eigenvalue weighted by Gasteiger charge is 2.31. The first-order valence-corrected chi connectivity index (χ1v) is 8.97. The molecule has 1 fully saturated rings. The molecule has 7 nitrogen and oxygen atoms in total. The number of esters is 3. The lowest BCUT2D eigenvalue weighted by molar-refractivity contribution is 0.0443. The third kappa shape index (κ3) is 2.47. The summed E-state index contributed by atoms with van der Waals surface area (Å²) in [6.07, 6.45) is 0. The van der Waals surface area contributed by atoms with Gasteiger partial charge in [-0.15, -0.1) is 0 Å².